The SMILES string of the molecule is O=C(CCC(F)(F)F)Nc1cc(Br)ccn1. The number of nitrogens with zero attached hydrogens (tertiary/aromatic N) is 1. The van der Waals surface area contributed by atoms with Crippen LogP contribution in [0.25, 0.3) is 0 Å². The summed E-state index contributed by atoms with van der Waals surface area (Å²) in [4.78, 5) is 14.9. The van der Waals surface area contributed by atoms with E-state index in [0.717, 1.165) is 0 Å². The van der Waals surface area contributed by atoms with Gasteiger partial charge in [-0.2, -0.15) is 13.2 Å². The summed E-state index contributed by atoms with van der Waals surface area (Å²) in [5, 5.41) is 2.28. The second-order valence-electron chi connectivity index (χ2n) is 3.02. The van der Waals surface area contributed by atoms with Crippen LogP contribution >= 0.6 is 15.9 Å². The molecule has 1 rings (SSSR count). The Kier molecular flexibility index (Phi) is 4.28. The molecule has 0 fully saturated rings. The number of carbonyl (C=O) groups is 1. The molecule has 0 saturated heterocycles. The molecule has 0 radical (unpaired) electrons. The molecule has 0 unspecified atom stereocenters. The van der Waals surface area contributed by atoms with E-state index in [4.69, 9.17) is 0 Å². The van der Waals surface area contributed by atoms with E-state index in [1.807, 2.05) is 0 Å². The third kappa shape index (κ3) is 5.11. The van der Waals surface area contributed by atoms with Gasteiger partial charge in [0.05, 0.1) is 6.42 Å². The number of nitrogens with one attached hydrogen (secondary N) is 1. The van der Waals surface area contributed by atoms with E-state index in [1.165, 1.54) is 12.3 Å². The molecule has 1 heterocycles. The molecular formula is C9H8BrF3N2O. The summed E-state index contributed by atoms with van der Waals surface area (Å²) >= 11 is 3.15. The lowest BCUT2D eigenvalue weighted by Gasteiger charge is -2.06. The van der Waals surface area contributed by atoms with Gasteiger partial charge in [0.25, 0.3) is 0 Å². The predicted molar refractivity (Wildman–Crippen MR) is 55.9 cm³/mol. The average molecular weight is 297 g/mol. The summed E-state index contributed by atoms with van der Waals surface area (Å²) in [5.74, 6) is -0.482. The Morgan fingerprint density at radius 3 is 2.75 bits per heavy atom. The minimum atomic E-state index is -4.32. The minimum Gasteiger partial charge on any atom is -0.311 e. The number of hydrogen-bond donors (Lipinski definition) is 1. The van der Waals surface area contributed by atoms with Gasteiger partial charge in [-0.1, -0.05) is 15.9 Å². The molecule has 0 aliphatic rings. The maximum Gasteiger partial charge on any atom is 0.389 e. The van der Waals surface area contributed by atoms with Crippen molar-refractivity contribution in [2.45, 2.75) is 19.0 Å². The maximum absolute atomic E-state index is 11.8. The number of halogens is 4. The molecule has 7 heteroatoms. The number of pyridine rings is 1. The Balaban J connectivity index is 2.46. The maximum atomic E-state index is 11.8. The van der Waals surface area contributed by atoms with Crippen molar-refractivity contribution < 1.29 is 18.0 Å². The van der Waals surface area contributed by atoms with Crippen molar-refractivity contribution in [3.8, 4) is 0 Å². The summed E-state index contributed by atoms with van der Waals surface area (Å²) in [6.45, 7) is 0. The van der Waals surface area contributed by atoms with Crippen molar-refractivity contribution in [3.63, 3.8) is 0 Å². The fraction of sp³-hybridized carbons (Fsp3) is 0.333. The molecule has 16 heavy (non-hydrogen) atoms. The zero-order chi connectivity index (χ0) is 12.2. The first-order valence-electron chi connectivity index (χ1n) is 4.35. The van der Waals surface area contributed by atoms with E-state index in [0.29, 0.717) is 4.47 Å². The lowest BCUT2D eigenvalue weighted by atomic mass is 10.3. The van der Waals surface area contributed by atoms with E-state index < -0.39 is 24.9 Å². The molecule has 0 atom stereocenters. The summed E-state index contributed by atoms with van der Waals surface area (Å²) in [7, 11) is 0. The Hall–Kier alpha value is -1.11. The van der Waals surface area contributed by atoms with Crippen LogP contribution in [0.4, 0.5) is 19.0 Å². The molecule has 0 aromatic carbocycles. The molecule has 3 nitrogen and oxygen atoms in total. The largest absolute Gasteiger partial charge is 0.389 e. The zero-order valence-electron chi connectivity index (χ0n) is 8.01. The molecule has 0 aliphatic heterocycles. The van der Waals surface area contributed by atoms with Gasteiger partial charge in [0, 0.05) is 17.1 Å². The number of carbonyl (C=O) groups excluding carboxylic acids is 1. The van der Waals surface area contributed by atoms with Gasteiger partial charge >= 0.3 is 6.18 Å². The van der Waals surface area contributed by atoms with Crippen LogP contribution in [-0.4, -0.2) is 17.1 Å². The van der Waals surface area contributed by atoms with Gasteiger partial charge in [0.1, 0.15) is 5.82 Å². The van der Waals surface area contributed by atoms with Crippen molar-refractivity contribution in [2.24, 2.45) is 0 Å². The van der Waals surface area contributed by atoms with Crippen LogP contribution in [0.5, 0.6) is 0 Å². The third-order valence-corrected chi connectivity index (χ3v) is 2.12. The van der Waals surface area contributed by atoms with Crippen LogP contribution in [0.2, 0.25) is 0 Å². The number of amides is 1. The van der Waals surface area contributed by atoms with Gasteiger partial charge in [0.15, 0.2) is 0 Å². The molecule has 1 amide bonds. The monoisotopic (exact) mass is 296 g/mol. The summed E-state index contributed by atoms with van der Waals surface area (Å²) < 4.78 is 36.1. The molecular weight excluding hydrogens is 289 g/mol. The van der Waals surface area contributed by atoms with Crippen LogP contribution in [0, 0.1) is 0 Å². The van der Waals surface area contributed by atoms with Crippen molar-refractivity contribution >= 4 is 27.7 Å². The molecule has 0 spiro atoms. The zero-order valence-corrected chi connectivity index (χ0v) is 9.60. The van der Waals surface area contributed by atoms with E-state index >= 15 is 0 Å². The van der Waals surface area contributed by atoms with Crippen LogP contribution in [-0.2, 0) is 4.79 Å². The first-order valence-corrected chi connectivity index (χ1v) is 5.14. The molecule has 1 aromatic heterocycles. The third-order valence-electron chi connectivity index (χ3n) is 1.63. The van der Waals surface area contributed by atoms with Crippen molar-refractivity contribution in [1.29, 1.82) is 0 Å². The molecule has 0 bridgehead atoms. The first kappa shape index (κ1) is 13.0. The quantitative estimate of drug-likeness (QED) is 0.931. The Labute approximate surface area is 98.2 Å². The highest BCUT2D eigenvalue weighted by atomic mass is 79.9. The van der Waals surface area contributed by atoms with Crippen molar-refractivity contribution in [3.05, 3.63) is 22.8 Å². The van der Waals surface area contributed by atoms with Crippen LogP contribution in [0.1, 0.15) is 12.8 Å². The standard InChI is InChI=1S/C9H8BrF3N2O/c10-6-2-4-14-7(5-6)15-8(16)1-3-9(11,12)13/h2,4-5H,1,3H2,(H,14,15,16). The van der Waals surface area contributed by atoms with Crippen molar-refractivity contribution in [2.75, 3.05) is 5.32 Å². The number of aromatic nitrogens is 1. The summed E-state index contributed by atoms with van der Waals surface area (Å²) in [6, 6.07) is 3.15. The van der Waals surface area contributed by atoms with Gasteiger partial charge in [0.2, 0.25) is 5.91 Å². The minimum absolute atomic E-state index is 0.224. The molecule has 0 aliphatic carbocycles. The summed E-state index contributed by atoms with van der Waals surface area (Å²) in [5.41, 5.74) is 0. The van der Waals surface area contributed by atoms with Crippen LogP contribution in [0.15, 0.2) is 22.8 Å². The van der Waals surface area contributed by atoms with E-state index in [9.17, 15) is 18.0 Å². The Bertz CT molecular complexity index is 381. The molecule has 1 aromatic rings. The fourth-order valence-corrected chi connectivity index (χ4v) is 1.27. The molecule has 88 valence electrons. The van der Waals surface area contributed by atoms with Crippen LogP contribution < -0.4 is 5.32 Å². The fourth-order valence-electron chi connectivity index (χ4n) is 0.934. The lowest BCUT2D eigenvalue weighted by Crippen LogP contribution is -2.17. The number of rotatable bonds is 3. The second kappa shape index (κ2) is 5.29. The highest BCUT2D eigenvalue weighted by Crippen LogP contribution is 2.21. The molecule has 1 N–H and O–H groups in total. The highest BCUT2D eigenvalue weighted by Gasteiger charge is 2.27. The van der Waals surface area contributed by atoms with Crippen LogP contribution in [0.3, 0.4) is 0 Å². The van der Waals surface area contributed by atoms with E-state index in [-0.39, 0.29) is 5.82 Å². The second-order valence-corrected chi connectivity index (χ2v) is 3.94. The van der Waals surface area contributed by atoms with Gasteiger partial charge in [-0.3, -0.25) is 4.79 Å². The number of anilines is 1. The Morgan fingerprint density at radius 2 is 2.19 bits per heavy atom. The topological polar surface area (TPSA) is 42.0 Å². The lowest BCUT2D eigenvalue weighted by molar-refractivity contribution is -0.142. The van der Waals surface area contributed by atoms with E-state index in [1.54, 1.807) is 6.07 Å². The van der Waals surface area contributed by atoms with Crippen molar-refractivity contribution in [1.82, 2.24) is 4.98 Å². The molecule has 0 saturated carbocycles. The van der Waals surface area contributed by atoms with Gasteiger partial charge in [-0.15, -0.1) is 0 Å². The van der Waals surface area contributed by atoms with Gasteiger partial charge in [-0.05, 0) is 12.1 Å². The number of hydrogen-bond acceptors (Lipinski definition) is 2. The number of alkyl halides is 3. The van der Waals surface area contributed by atoms with Gasteiger partial charge in [-0.25, -0.2) is 4.98 Å². The highest BCUT2D eigenvalue weighted by molar-refractivity contribution is 9.10. The normalized spacial score (nSPS) is 11.2. The van der Waals surface area contributed by atoms with Gasteiger partial charge < -0.3 is 5.32 Å². The first-order chi connectivity index (χ1) is 7.37. The van der Waals surface area contributed by atoms with E-state index in [2.05, 4.69) is 26.2 Å². The summed E-state index contributed by atoms with van der Waals surface area (Å²) in [6.07, 6.45) is -4.62. The predicted octanol–water partition coefficient (Wildman–Crippen LogP) is 3.13. The Morgan fingerprint density at radius 1 is 1.50 bits per heavy atom. The average Bonchev–Trinajstić information content (AvgIpc) is 2.14. The smallest absolute Gasteiger partial charge is 0.311 e.